The van der Waals surface area contributed by atoms with E-state index in [1.807, 2.05) is 42.2 Å². The van der Waals surface area contributed by atoms with Crippen LogP contribution in [0.15, 0.2) is 36.7 Å². The zero-order chi connectivity index (χ0) is 17.8. The van der Waals surface area contributed by atoms with Gasteiger partial charge in [-0.3, -0.25) is 0 Å². The molecule has 3 aromatic rings. The van der Waals surface area contributed by atoms with Crippen molar-refractivity contribution in [2.75, 3.05) is 25.2 Å². The minimum absolute atomic E-state index is 0.00533. The van der Waals surface area contributed by atoms with Gasteiger partial charge in [0.15, 0.2) is 0 Å². The zero-order valence-corrected chi connectivity index (χ0v) is 14.9. The van der Waals surface area contributed by atoms with Crippen molar-refractivity contribution in [2.45, 2.75) is 13.5 Å². The number of hydrogen-bond acceptors (Lipinski definition) is 7. The summed E-state index contributed by atoms with van der Waals surface area (Å²) in [6.45, 7) is 2.92. The van der Waals surface area contributed by atoms with Gasteiger partial charge in [-0.15, -0.1) is 11.3 Å². The summed E-state index contributed by atoms with van der Waals surface area (Å²) in [5.41, 5.74) is 1.92. The Balaban J connectivity index is 2.08. The molecule has 3 rings (SSSR count). The highest BCUT2D eigenvalue weighted by molar-refractivity contribution is 7.20. The molecular weight excluding hydrogens is 338 g/mol. The zero-order valence-electron chi connectivity index (χ0n) is 14.1. The van der Waals surface area contributed by atoms with Crippen molar-refractivity contribution >= 4 is 33.3 Å². The van der Waals surface area contributed by atoms with E-state index in [-0.39, 0.29) is 12.6 Å². The number of benzene rings is 1. The summed E-state index contributed by atoms with van der Waals surface area (Å²) >= 11 is 1.30. The Morgan fingerprint density at radius 2 is 2.04 bits per heavy atom. The Kier molecular flexibility index (Phi) is 5.25. The molecule has 1 aromatic carbocycles. The molecule has 0 unspecified atom stereocenters. The molecule has 0 saturated carbocycles. The molecule has 2 heterocycles. The number of aliphatic hydroxyl groups excluding tert-OH is 1. The monoisotopic (exact) mass is 357 g/mol. The number of esters is 1. The summed E-state index contributed by atoms with van der Waals surface area (Å²) in [4.78, 5) is 24.0. The highest BCUT2D eigenvalue weighted by atomic mass is 32.1. The predicted octanol–water partition coefficient (Wildman–Crippen LogP) is 2.79. The van der Waals surface area contributed by atoms with Crippen LogP contribution in [0.2, 0.25) is 0 Å². The van der Waals surface area contributed by atoms with E-state index in [1.165, 1.54) is 24.8 Å². The number of aliphatic hydroxyl groups is 1. The van der Waals surface area contributed by atoms with E-state index >= 15 is 0 Å². The number of methoxy groups -OCH3 is 1. The van der Waals surface area contributed by atoms with Crippen LogP contribution in [0, 0.1) is 6.92 Å². The maximum absolute atomic E-state index is 12.0. The standard InChI is InChI=1S/C18H19N3O3S/c1-12-14-16(19-11-20-17(14)25-15(12)18(23)24-2)21(8-9-22)10-13-6-4-3-5-7-13/h3-7,11,22H,8-10H2,1-2H3. The molecule has 0 saturated heterocycles. The van der Waals surface area contributed by atoms with Gasteiger partial charge in [0.05, 0.1) is 19.1 Å². The van der Waals surface area contributed by atoms with Gasteiger partial charge in [-0.2, -0.15) is 0 Å². The van der Waals surface area contributed by atoms with Crippen LogP contribution in [-0.4, -0.2) is 41.3 Å². The van der Waals surface area contributed by atoms with Crippen LogP contribution in [0.25, 0.3) is 10.2 Å². The molecule has 0 fully saturated rings. The van der Waals surface area contributed by atoms with E-state index in [0.29, 0.717) is 23.8 Å². The van der Waals surface area contributed by atoms with E-state index < -0.39 is 0 Å². The van der Waals surface area contributed by atoms with Gasteiger partial charge in [-0.25, -0.2) is 14.8 Å². The first-order chi connectivity index (χ1) is 12.2. The molecule has 7 heteroatoms. The van der Waals surface area contributed by atoms with Gasteiger partial charge in [0.2, 0.25) is 0 Å². The number of rotatable bonds is 6. The van der Waals surface area contributed by atoms with E-state index in [1.54, 1.807) is 0 Å². The molecular formula is C18H19N3O3S. The minimum Gasteiger partial charge on any atom is -0.465 e. The van der Waals surface area contributed by atoms with Crippen LogP contribution in [0.5, 0.6) is 0 Å². The fraction of sp³-hybridized carbons (Fsp3) is 0.278. The number of aromatic nitrogens is 2. The van der Waals surface area contributed by atoms with E-state index in [2.05, 4.69) is 9.97 Å². The quantitative estimate of drug-likeness (QED) is 0.684. The molecule has 0 radical (unpaired) electrons. The number of nitrogens with zero attached hydrogens (tertiary/aromatic N) is 3. The second-order valence-corrected chi connectivity index (χ2v) is 6.56. The first-order valence-corrected chi connectivity index (χ1v) is 8.69. The number of ether oxygens (including phenoxy) is 1. The van der Waals surface area contributed by atoms with Gasteiger partial charge >= 0.3 is 5.97 Å². The van der Waals surface area contributed by atoms with Crippen LogP contribution in [0.3, 0.4) is 0 Å². The SMILES string of the molecule is COC(=O)c1sc2ncnc(N(CCO)Cc3ccccc3)c2c1C. The Bertz CT molecular complexity index is 880. The molecule has 2 aromatic heterocycles. The van der Waals surface area contributed by atoms with Crippen molar-refractivity contribution in [3.8, 4) is 0 Å². The minimum atomic E-state index is -0.372. The summed E-state index contributed by atoms with van der Waals surface area (Å²) in [5.74, 6) is 0.343. The Morgan fingerprint density at radius 1 is 1.28 bits per heavy atom. The predicted molar refractivity (Wildman–Crippen MR) is 98.1 cm³/mol. The molecule has 0 atom stereocenters. The number of carbonyl (C=O) groups is 1. The summed E-state index contributed by atoms with van der Waals surface area (Å²) in [7, 11) is 1.37. The number of fused-ring (bicyclic) bond motifs is 1. The number of aryl methyl sites for hydroxylation is 1. The van der Waals surface area contributed by atoms with Crippen molar-refractivity contribution in [3.05, 3.63) is 52.7 Å². The molecule has 0 amide bonds. The van der Waals surface area contributed by atoms with Gasteiger partial charge in [0, 0.05) is 13.1 Å². The third-order valence-electron chi connectivity index (χ3n) is 3.96. The lowest BCUT2D eigenvalue weighted by Crippen LogP contribution is -2.27. The van der Waals surface area contributed by atoms with E-state index in [4.69, 9.17) is 4.74 Å². The highest BCUT2D eigenvalue weighted by Gasteiger charge is 2.22. The average Bonchev–Trinajstić information content (AvgIpc) is 2.98. The van der Waals surface area contributed by atoms with E-state index in [0.717, 1.165) is 21.3 Å². The second kappa shape index (κ2) is 7.58. The average molecular weight is 357 g/mol. The van der Waals surface area contributed by atoms with Gasteiger partial charge in [0.25, 0.3) is 0 Å². The second-order valence-electron chi connectivity index (χ2n) is 5.56. The van der Waals surface area contributed by atoms with Crippen molar-refractivity contribution < 1.29 is 14.6 Å². The molecule has 0 spiro atoms. The first kappa shape index (κ1) is 17.3. The molecule has 25 heavy (non-hydrogen) atoms. The van der Waals surface area contributed by atoms with Crippen LogP contribution in [0.4, 0.5) is 5.82 Å². The lowest BCUT2D eigenvalue weighted by atomic mass is 10.1. The van der Waals surface area contributed by atoms with Crippen LogP contribution in [-0.2, 0) is 11.3 Å². The van der Waals surface area contributed by atoms with Crippen molar-refractivity contribution in [1.82, 2.24) is 9.97 Å². The van der Waals surface area contributed by atoms with Gasteiger partial charge in [-0.05, 0) is 18.1 Å². The van der Waals surface area contributed by atoms with Gasteiger partial charge < -0.3 is 14.7 Å². The highest BCUT2D eigenvalue weighted by Crippen LogP contribution is 2.35. The Labute approximate surface area is 149 Å². The smallest absolute Gasteiger partial charge is 0.348 e. The number of anilines is 1. The fourth-order valence-corrected chi connectivity index (χ4v) is 3.83. The van der Waals surface area contributed by atoms with Gasteiger partial charge in [0.1, 0.15) is 21.9 Å². The first-order valence-electron chi connectivity index (χ1n) is 7.87. The summed E-state index contributed by atoms with van der Waals surface area (Å²) in [5, 5.41) is 10.3. The van der Waals surface area contributed by atoms with Crippen LogP contribution in [0.1, 0.15) is 20.8 Å². The summed E-state index contributed by atoms with van der Waals surface area (Å²) in [6, 6.07) is 9.99. The third kappa shape index (κ3) is 3.47. The van der Waals surface area contributed by atoms with Crippen molar-refractivity contribution in [2.24, 2.45) is 0 Å². The van der Waals surface area contributed by atoms with Crippen molar-refractivity contribution in [3.63, 3.8) is 0 Å². The van der Waals surface area contributed by atoms with Crippen LogP contribution < -0.4 is 4.90 Å². The summed E-state index contributed by atoms with van der Waals surface area (Å²) < 4.78 is 4.86. The maximum atomic E-state index is 12.0. The van der Waals surface area contributed by atoms with E-state index in [9.17, 15) is 9.90 Å². The molecule has 130 valence electrons. The van der Waals surface area contributed by atoms with Crippen molar-refractivity contribution in [1.29, 1.82) is 0 Å². The maximum Gasteiger partial charge on any atom is 0.348 e. The molecule has 0 aliphatic carbocycles. The largest absolute Gasteiger partial charge is 0.465 e. The normalized spacial score (nSPS) is 10.8. The molecule has 1 N–H and O–H groups in total. The third-order valence-corrected chi connectivity index (χ3v) is 5.14. The molecule has 6 nitrogen and oxygen atoms in total. The van der Waals surface area contributed by atoms with Crippen LogP contribution >= 0.6 is 11.3 Å². The lowest BCUT2D eigenvalue weighted by molar-refractivity contribution is 0.0605. The Hall–Kier alpha value is -2.51. The number of hydrogen-bond donors (Lipinski definition) is 1. The number of thiophene rings is 1. The summed E-state index contributed by atoms with van der Waals surface area (Å²) in [6.07, 6.45) is 1.49. The van der Waals surface area contributed by atoms with Gasteiger partial charge in [-0.1, -0.05) is 30.3 Å². The topological polar surface area (TPSA) is 75.5 Å². The lowest BCUT2D eigenvalue weighted by Gasteiger charge is -2.23. The fourth-order valence-electron chi connectivity index (χ4n) is 2.76. The number of carbonyl (C=O) groups excluding carboxylic acids is 1. The molecule has 0 aliphatic heterocycles. The molecule has 0 aliphatic rings. The molecule has 0 bridgehead atoms. The Morgan fingerprint density at radius 3 is 2.72 bits per heavy atom.